The molecule has 2 aromatic rings. The summed E-state index contributed by atoms with van der Waals surface area (Å²) in [6, 6.07) is 16.4. The van der Waals surface area contributed by atoms with Crippen LogP contribution in [0.15, 0.2) is 72.3 Å². The maximum Gasteiger partial charge on any atom is 0.328 e. The number of benzene rings is 2. The lowest BCUT2D eigenvalue weighted by molar-refractivity contribution is -0.131. The van der Waals surface area contributed by atoms with Crippen LogP contribution in [0.4, 0.5) is 0 Å². The van der Waals surface area contributed by atoms with E-state index in [2.05, 4.69) is 48.6 Å². The first-order valence-corrected chi connectivity index (χ1v) is 11.0. The highest BCUT2D eigenvalue weighted by atomic mass is 16.5. The van der Waals surface area contributed by atoms with Crippen molar-refractivity contribution in [2.75, 3.05) is 39.6 Å². The fraction of sp³-hybridized carbons (Fsp3) is 0.296. The molecule has 2 aromatic carbocycles. The molecule has 0 bridgehead atoms. The largest absolute Gasteiger partial charge is 0.478 e. The highest BCUT2D eigenvalue weighted by Crippen LogP contribution is 2.45. The second-order valence-electron chi connectivity index (χ2n) is 7.59. The van der Waals surface area contributed by atoms with Crippen molar-refractivity contribution < 1.29 is 29.6 Å². The van der Waals surface area contributed by atoms with Gasteiger partial charge in [-0.25, -0.2) is 4.79 Å². The van der Waals surface area contributed by atoms with Crippen LogP contribution in [0.5, 0.6) is 0 Å². The number of carboxylic acids is 1. The summed E-state index contributed by atoms with van der Waals surface area (Å²) in [5.41, 5.74) is 5.61. The van der Waals surface area contributed by atoms with E-state index < -0.39 is 5.97 Å². The van der Waals surface area contributed by atoms with Gasteiger partial charge in [0.2, 0.25) is 0 Å². The molecule has 6 nitrogen and oxygen atoms in total. The molecule has 0 spiro atoms. The van der Waals surface area contributed by atoms with E-state index in [1.807, 2.05) is 24.3 Å². The summed E-state index contributed by atoms with van der Waals surface area (Å²) in [4.78, 5) is 11.4. The zero-order valence-corrected chi connectivity index (χ0v) is 18.5. The summed E-state index contributed by atoms with van der Waals surface area (Å²) in [5, 5.41) is 25.9. The molecule has 2 aliphatic rings. The van der Waals surface area contributed by atoms with E-state index in [4.69, 9.17) is 19.7 Å². The molecule has 6 heteroatoms. The molecule has 0 aliphatic heterocycles. The van der Waals surface area contributed by atoms with E-state index in [9.17, 15) is 9.90 Å². The lowest BCUT2D eigenvalue weighted by Gasteiger charge is -2.21. The maximum absolute atomic E-state index is 11.4. The van der Waals surface area contributed by atoms with Gasteiger partial charge in [0, 0.05) is 17.9 Å². The number of carbonyl (C=O) groups is 1. The molecule has 2 aliphatic carbocycles. The fourth-order valence-corrected chi connectivity index (χ4v) is 4.05. The highest BCUT2D eigenvalue weighted by Gasteiger charge is 2.29. The molecular weight excluding hydrogens is 420 g/mol. The van der Waals surface area contributed by atoms with Crippen LogP contribution in [0, 0.1) is 0 Å². The van der Waals surface area contributed by atoms with E-state index >= 15 is 0 Å². The molecule has 33 heavy (non-hydrogen) atoms. The number of aliphatic carboxylic acids is 1. The number of carboxylic acid groups (broad SMARTS) is 1. The Kier molecular flexibility index (Phi) is 9.59. The van der Waals surface area contributed by atoms with Crippen molar-refractivity contribution in [1.29, 1.82) is 0 Å². The Morgan fingerprint density at radius 2 is 1.21 bits per heavy atom. The van der Waals surface area contributed by atoms with Crippen molar-refractivity contribution in [2.45, 2.75) is 11.8 Å². The fourth-order valence-electron chi connectivity index (χ4n) is 4.05. The van der Waals surface area contributed by atoms with Crippen molar-refractivity contribution in [3.8, 4) is 0 Å². The predicted molar refractivity (Wildman–Crippen MR) is 128 cm³/mol. The molecular formula is C27H30O6. The van der Waals surface area contributed by atoms with E-state index in [0.717, 1.165) is 5.57 Å². The Hall–Kier alpha value is -3.03. The van der Waals surface area contributed by atoms with Gasteiger partial charge >= 0.3 is 5.97 Å². The van der Waals surface area contributed by atoms with Gasteiger partial charge in [0.15, 0.2) is 0 Å². The molecule has 0 amide bonds. The van der Waals surface area contributed by atoms with Crippen LogP contribution in [-0.2, 0) is 14.3 Å². The Morgan fingerprint density at radius 1 is 0.758 bits per heavy atom. The lowest BCUT2D eigenvalue weighted by Crippen LogP contribution is -2.09. The van der Waals surface area contributed by atoms with Crippen LogP contribution in [0.1, 0.15) is 34.1 Å². The zero-order chi connectivity index (χ0) is 23.5. The second kappa shape index (κ2) is 12.9. The average Bonchev–Trinajstić information content (AvgIpc) is 3.45. The minimum atomic E-state index is -0.893. The quantitative estimate of drug-likeness (QED) is 0.378. The standard InChI is InChI=1S/C21H16O2.C6H14O4/c22-21(23)13-20(18-11-9-14-5-1-3-7-16(14)18)19-12-10-15-6-2-4-8-17(15)19;7-1-3-9-5-6-10-4-2-8/h1-13,18-19H,(H,22,23);7-8H,1-6H2. The normalized spacial score (nSPS) is 17.2. The first-order chi connectivity index (χ1) is 16.2. The van der Waals surface area contributed by atoms with Crippen LogP contribution in [-0.4, -0.2) is 60.9 Å². The zero-order valence-electron chi connectivity index (χ0n) is 18.5. The number of ether oxygens (including phenoxy) is 2. The van der Waals surface area contributed by atoms with Crippen LogP contribution < -0.4 is 0 Å². The van der Waals surface area contributed by atoms with Gasteiger partial charge in [0.25, 0.3) is 0 Å². The Labute approximate surface area is 194 Å². The van der Waals surface area contributed by atoms with Gasteiger partial charge in [0.1, 0.15) is 0 Å². The molecule has 2 unspecified atom stereocenters. The molecule has 0 radical (unpaired) electrons. The summed E-state index contributed by atoms with van der Waals surface area (Å²) in [6.07, 6.45) is 9.76. The number of fused-ring (bicyclic) bond motifs is 2. The van der Waals surface area contributed by atoms with Crippen LogP contribution in [0.2, 0.25) is 0 Å². The number of allylic oxidation sites excluding steroid dienone is 3. The first-order valence-electron chi connectivity index (χ1n) is 11.0. The summed E-state index contributed by atoms with van der Waals surface area (Å²) in [7, 11) is 0. The van der Waals surface area contributed by atoms with Crippen molar-refractivity contribution >= 4 is 18.1 Å². The summed E-state index contributed by atoms with van der Waals surface area (Å²) in [5.74, 6) is -0.859. The Balaban J connectivity index is 0.000000262. The predicted octanol–water partition coefficient (Wildman–Crippen LogP) is 3.62. The third-order valence-corrected chi connectivity index (χ3v) is 5.45. The minimum Gasteiger partial charge on any atom is -0.478 e. The molecule has 4 rings (SSSR count). The van der Waals surface area contributed by atoms with Gasteiger partial charge in [-0.15, -0.1) is 0 Å². The van der Waals surface area contributed by atoms with Gasteiger partial charge in [-0.05, 0) is 27.8 Å². The Bertz CT molecular complexity index is 936. The Morgan fingerprint density at radius 3 is 1.64 bits per heavy atom. The topological polar surface area (TPSA) is 96.2 Å². The molecule has 0 heterocycles. The molecule has 0 saturated carbocycles. The van der Waals surface area contributed by atoms with Crippen LogP contribution in [0.25, 0.3) is 12.2 Å². The SMILES string of the molecule is O=C(O)C=C(C1C=Cc2ccccc21)C1C=Cc2ccccc21.OCCOCCOCCO. The monoisotopic (exact) mass is 450 g/mol. The molecule has 2 atom stereocenters. The second-order valence-corrected chi connectivity index (χ2v) is 7.59. The van der Waals surface area contributed by atoms with Gasteiger partial charge in [-0.3, -0.25) is 0 Å². The van der Waals surface area contributed by atoms with Crippen molar-refractivity contribution in [3.63, 3.8) is 0 Å². The first kappa shape index (κ1) is 24.6. The number of rotatable bonds is 10. The number of hydrogen-bond donors (Lipinski definition) is 3. The molecule has 0 saturated heterocycles. The smallest absolute Gasteiger partial charge is 0.328 e. The van der Waals surface area contributed by atoms with E-state index in [1.54, 1.807) is 0 Å². The van der Waals surface area contributed by atoms with Gasteiger partial charge < -0.3 is 24.8 Å². The van der Waals surface area contributed by atoms with E-state index in [0.29, 0.717) is 26.4 Å². The van der Waals surface area contributed by atoms with Crippen LogP contribution in [0.3, 0.4) is 0 Å². The molecule has 0 fully saturated rings. The summed E-state index contributed by atoms with van der Waals surface area (Å²) in [6.45, 7) is 1.73. The number of aliphatic hydroxyl groups is 2. The van der Waals surface area contributed by atoms with E-state index in [1.165, 1.54) is 28.3 Å². The highest BCUT2D eigenvalue weighted by molar-refractivity contribution is 5.83. The van der Waals surface area contributed by atoms with Crippen molar-refractivity contribution in [3.05, 3.63) is 94.6 Å². The number of aliphatic hydroxyl groups excluding tert-OH is 2. The van der Waals surface area contributed by atoms with Gasteiger partial charge in [-0.1, -0.05) is 72.8 Å². The third kappa shape index (κ3) is 6.73. The van der Waals surface area contributed by atoms with Gasteiger partial charge in [-0.2, -0.15) is 0 Å². The maximum atomic E-state index is 11.4. The van der Waals surface area contributed by atoms with Gasteiger partial charge in [0.05, 0.1) is 39.6 Å². The van der Waals surface area contributed by atoms with Crippen molar-refractivity contribution in [1.82, 2.24) is 0 Å². The average molecular weight is 451 g/mol. The molecule has 3 N–H and O–H groups in total. The lowest BCUT2D eigenvalue weighted by atomic mass is 9.81. The molecule has 174 valence electrons. The summed E-state index contributed by atoms with van der Waals surface area (Å²) < 4.78 is 9.75. The van der Waals surface area contributed by atoms with E-state index in [-0.39, 0.29) is 25.0 Å². The van der Waals surface area contributed by atoms with Crippen molar-refractivity contribution in [2.24, 2.45) is 0 Å². The van der Waals surface area contributed by atoms with Crippen LogP contribution >= 0.6 is 0 Å². The third-order valence-electron chi connectivity index (χ3n) is 5.45. The summed E-state index contributed by atoms with van der Waals surface area (Å²) >= 11 is 0. The minimum absolute atomic E-state index is 0.0168. The number of hydrogen-bond acceptors (Lipinski definition) is 5. The molecule has 0 aromatic heterocycles.